The molecule has 5 rings (SSSR count). The predicted octanol–water partition coefficient (Wildman–Crippen LogP) is 5.88. The van der Waals surface area contributed by atoms with Gasteiger partial charge in [0.1, 0.15) is 5.82 Å². The van der Waals surface area contributed by atoms with Gasteiger partial charge in [0.25, 0.3) is 5.91 Å². The number of hydrogen-bond acceptors (Lipinski definition) is 5. The molecule has 0 saturated carbocycles. The maximum atomic E-state index is 13.2. The SMILES string of the molecule is CN1CCC(C(C)(C)c2ccc(NC(=O)c3cccnc3Nc3cccc4c(O)[nH]cc34)cc2)CC1. The Labute approximate surface area is 211 Å². The third-order valence-electron chi connectivity index (χ3n) is 7.65. The lowest BCUT2D eigenvalue weighted by Crippen LogP contribution is -2.39. The molecule has 4 N–H and O–H groups in total. The molecule has 1 aliphatic heterocycles. The molecule has 0 radical (unpaired) electrons. The van der Waals surface area contributed by atoms with Crippen molar-refractivity contribution in [2.24, 2.45) is 5.92 Å². The van der Waals surface area contributed by atoms with Crippen LogP contribution < -0.4 is 10.6 Å². The van der Waals surface area contributed by atoms with Gasteiger partial charge >= 0.3 is 0 Å². The Morgan fingerprint density at radius 2 is 1.81 bits per heavy atom. The number of benzene rings is 2. The molecule has 1 amide bonds. The molecule has 7 nitrogen and oxygen atoms in total. The summed E-state index contributed by atoms with van der Waals surface area (Å²) in [5.41, 5.74) is 3.30. The number of pyridine rings is 1. The Balaban J connectivity index is 1.32. The fraction of sp³-hybridized carbons (Fsp3) is 0.310. The van der Waals surface area contributed by atoms with Crippen LogP contribution in [-0.4, -0.2) is 46.0 Å². The van der Waals surface area contributed by atoms with E-state index in [0.29, 0.717) is 22.7 Å². The van der Waals surface area contributed by atoms with Crippen LogP contribution in [0.25, 0.3) is 10.8 Å². The van der Waals surface area contributed by atoms with Crippen LogP contribution in [0.2, 0.25) is 0 Å². The summed E-state index contributed by atoms with van der Waals surface area (Å²) >= 11 is 0. The van der Waals surface area contributed by atoms with Crippen LogP contribution in [0.4, 0.5) is 17.2 Å². The fourth-order valence-electron chi connectivity index (χ4n) is 5.22. The molecule has 2 aromatic carbocycles. The van der Waals surface area contributed by atoms with Crippen LogP contribution in [0.1, 0.15) is 42.6 Å². The van der Waals surface area contributed by atoms with Crippen LogP contribution in [-0.2, 0) is 5.41 Å². The highest BCUT2D eigenvalue weighted by Crippen LogP contribution is 2.38. The van der Waals surface area contributed by atoms with Gasteiger partial charge in [-0.1, -0.05) is 32.0 Å². The molecule has 1 aliphatic rings. The van der Waals surface area contributed by atoms with Crippen molar-refractivity contribution >= 4 is 33.9 Å². The lowest BCUT2D eigenvalue weighted by Gasteiger charge is -2.40. The van der Waals surface area contributed by atoms with Crippen molar-refractivity contribution in [2.45, 2.75) is 32.1 Å². The number of amides is 1. The average molecular weight is 484 g/mol. The van der Waals surface area contributed by atoms with E-state index in [-0.39, 0.29) is 17.2 Å². The number of aromatic hydroxyl groups is 1. The van der Waals surface area contributed by atoms with Crippen LogP contribution in [0.5, 0.6) is 5.88 Å². The Kier molecular flexibility index (Phi) is 6.41. The quantitative estimate of drug-likeness (QED) is 0.275. The number of H-pyrrole nitrogens is 1. The first kappa shape index (κ1) is 23.9. The predicted molar refractivity (Wildman–Crippen MR) is 145 cm³/mol. The van der Waals surface area contributed by atoms with E-state index < -0.39 is 0 Å². The monoisotopic (exact) mass is 483 g/mol. The smallest absolute Gasteiger partial charge is 0.259 e. The van der Waals surface area contributed by atoms with Crippen molar-refractivity contribution in [1.29, 1.82) is 0 Å². The van der Waals surface area contributed by atoms with Crippen LogP contribution >= 0.6 is 0 Å². The summed E-state index contributed by atoms with van der Waals surface area (Å²) in [6, 6.07) is 17.3. The third-order valence-corrected chi connectivity index (χ3v) is 7.65. The van der Waals surface area contributed by atoms with Crippen molar-refractivity contribution in [1.82, 2.24) is 14.9 Å². The van der Waals surface area contributed by atoms with Gasteiger partial charge in [0.2, 0.25) is 0 Å². The summed E-state index contributed by atoms with van der Waals surface area (Å²) in [7, 11) is 2.19. The molecule has 0 bridgehead atoms. The zero-order valence-electron chi connectivity index (χ0n) is 21.0. The maximum Gasteiger partial charge on any atom is 0.259 e. The van der Waals surface area contributed by atoms with E-state index in [1.165, 1.54) is 18.4 Å². The summed E-state index contributed by atoms with van der Waals surface area (Å²) in [4.78, 5) is 22.8. The first-order valence-electron chi connectivity index (χ1n) is 12.4. The number of nitrogens with one attached hydrogen (secondary N) is 3. The van der Waals surface area contributed by atoms with E-state index >= 15 is 0 Å². The first-order valence-corrected chi connectivity index (χ1v) is 12.4. The van der Waals surface area contributed by atoms with E-state index in [1.54, 1.807) is 24.5 Å². The van der Waals surface area contributed by atoms with Crippen LogP contribution in [0, 0.1) is 5.92 Å². The molecule has 0 spiro atoms. The molecule has 1 fully saturated rings. The summed E-state index contributed by atoms with van der Waals surface area (Å²) in [5.74, 6) is 0.958. The average Bonchev–Trinajstić information content (AvgIpc) is 3.26. The molecule has 0 aliphatic carbocycles. The second kappa shape index (κ2) is 9.66. The number of hydrogen-bond donors (Lipinski definition) is 4. The number of aromatic nitrogens is 2. The Morgan fingerprint density at radius 1 is 1.06 bits per heavy atom. The number of fused-ring (bicyclic) bond motifs is 1. The Hall–Kier alpha value is -3.84. The lowest BCUT2D eigenvalue weighted by molar-refractivity contribution is 0.102. The Bertz CT molecular complexity index is 1370. The molecule has 36 heavy (non-hydrogen) atoms. The largest absolute Gasteiger partial charge is 0.494 e. The maximum absolute atomic E-state index is 13.2. The minimum Gasteiger partial charge on any atom is -0.494 e. The zero-order valence-corrected chi connectivity index (χ0v) is 21.0. The van der Waals surface area contributed by atoms with Crippen LogP contribution in [0.15, 0.2) is 67.0 Å². The number of carbonyl (C=O) groups is 1. The van der Waals surface area contributed by atoms with Gasteiger partial charge in [0.15, 0.2) is 5.88 Å². The highest BCUT2D eigenvalue weighted by atomic mass is 16.3. The van der Waals surface area contributed by atoms with Crippen molar-refractivity contribution in [3.8, 4) is 5.88 Å². The number of nitrogens with zero attached hydrogens (tertiary/aromatic N) is 2. The molecular weight excluding hydrogens is 450 g/mol. The van der Waals surface area contributed by atoms with Gasteiger partial charge in [-0.3, -0.25) is 4.79 Å². The fourth-order valence-corrected chi connectivity index (χ4v) is 5.22. The number of anilines is 3. The highest BCUT2D eigenvalue weighted by molar-refractivity contribution is 6.08. The molecule has 3 heterocycles. The van der Waals surface area contributed by atoms with Gasteiger partial charge < -0.3 is 25.6 Å². The van der Waals surface area contributed by atoms with Crippen LogP contribution in [0.3, 0.4) is 0 Å². The molecule has 0 unspecified atom stereocenters. The number of rotatable bonds is 6. The second-order valence-electron chi connectivity index (χ2n) is 10.3. The molecule has 0 atom stereocenters. The van der Waals surface area contributed by atoms with Gasteiger partial charge in [-0.25, -0.2) is 4.98 Å². The van der Waals surface area contributed by atoms with E-state index in [4.69, 9.17) is 0 Å². The molecule has 186 valence electrons. The summed E-state index contributed by atoms with van der Waals surface area (Å²) in [6.07, 6.45) is 5.78. The minimum atomic E-state index is -0.239. The van der Waals surface area contributed by atoms with E-state index in [2.05, 4.69) is 58.5 Å². The summed E-state index contributed by atoms with van der Waals surface area (Å²) in [6.45, 7) is 6.94. The minimum absolute atomic E-state index is 0.0813. The molecule has 4 aromatic rings. The number of piperidine rings is 1. The van der Waals surface area contributed by atoms with Crippen molar-refractivity contribution in [3.05, 3.63) is 78.1 Å². The number of aromatic amines is 1. The second-order valence-corrected chi connectivity index (χ2v) is 10.3. The standard InChI is InChI=1S/C29H33N5O2/c1-29(2,20-13-16-34(3)17-14-20)19-9-11-21(12-10-19)32-28(36)23-7-5-15-30-26(23)33-25-8-4-6-22-24(25)18-31-27(22)35/h4-12,15,18,20,31,35H,13-14,16-17H2,1-3H3,(H,30,33)(H,32,36). The number of carbonyl (C=O) groups excluding carboxylic acids is 1. The molecular formula is C29H33N5O2. The van der Waals surface area contributed by atoms with Crippen molar-refractivity contribution in [3.63, 3.8) is 0 Å². The molecule has 7 heteroatoms. The lowest BCUT2D eigenvalue weighted by atomic mass is 9.69. The molecule has 1 saturated heterocycles. The van der Waals surface area contributed by atoms with Gasteiger partial charge in [0.05, 0.1) is 5.56 Å². The van der Waals surface area contributed by atoms with Crippen molar-refractivity contribution < 1.29 is 9.90 Å². The van der Waals surface area contributed by atoms with E-state index in [9.17, 15) is 9.90 Å². The summed E-state index contributed by atoms with van der Waals surface area (Å²) in [5, 5.41) is 17.8. The topological polar surface area (TPSA) is 93.3 Å². The van der Waals surface area contributed by atoms with E-state index in [0.717, 1.165) is 29.9 Å². The van der Waals surface area contributed by atoms with Crippen molar-refractivity contribution in [2.75, 3.05) is 30.8 Å². The van der Waals surface area contributed by atoms with Gasteiger partial charge in [-0.2, -0.15) is 0 Å². The zero-order chi connectivity index (χ0) is 25.3. The van der Waals surface area contributed by atoms with E-state index in [1.807, 2.05) is 30.3 Å². The summed E-state index contributed by atoms with van der Waals surface area (Å²) < 4.78 is 0. The van der Waals surface area contributed by atoms with Gasteiger partial charge in [-0.15, -0.1) is 0 Å². The first-order chi connectivity index (χ1) is 17.3. The highest BCUT2D eigenvalue weighted by Gasteiger charge is 2.33. The van der Waals surface area contributed by atoms with Gasteiger partial charge in [-0.05, 0) is 86.3 Å². The Morgan fingerprint density at radius 3 is 2.56 bits per heavy atom. The third kappa shape index (κ3) is 4.66. The normalized spacial score (nSPS) is 15.2. The number of likely N-dealkylation sites (tertiary alicyclic amines) is 1. The molecule has 2 aromatic heterocycles. The van der Waals surface area contributed by atoms with Gasteiger partial charge in [0, 0.05) is 34.5 Å².